The lowest BCUT2D eigenvalue weighted by molar-refractivity contribution is -0.132. The monoisotopic (exact) mass is 577 g/mol. The maximum Gasteiger partial charge on any atom is 0.352 e. The van der Waals surface area contributed by atoms with E-state index in [0.29, 0.717) is 35.8 Å². The van der Waals surface area contributed by atoms with Gasteiger partial charge in [-0.2, -0.15) is 0 Å². The largest absolute Gasteiger partial charge is 0.490 e. The van der Waals surface area contributed by atoms with Crippen LogP contribution in [0.3, 0.4) is 0 Å². The van der Waals surface area contributed by atoms with Gasteiger partial charge in [0.2, 0.25) is 0 Å². The van der Waals surface area contributed by atoms with Gasteiger partial charge in [0.1, 0.15) is 12.3 Å². The van der Waals surface area contributed by atoms with E-state index in [-0.39, 0.29) is 10.7 Å². The Bertz CT molecular complexity index is 1180. The zero-order chi connectivity index (χ0) is 23.8. The molecule has 0 fully saturated rings. The third kappa shape index (κ3) is 6.72. The smallest absolute Gasteiger partial charge is 0.352 e. The average Bonchev–Trinajstić information content (AvgIpc) is 2.80. The SMILES string of the molecule is CCOc1cc(C=C(NC(=O)c2ccccc2)C(=O)O)cc(Cl)c1OCc1ccccc1I. The lowest BCUT2D eigenvalue weighted by atomic mass is 10.1. The molecule has 0 saturated carbocycles. The molecule has 0 unspecified atom stereocenters. The van der Waals surface area contributed by atoms with Crippen LogP contribution in [-0.2, 0) is 11.4 Å². The number of carboxylic acids is 1. The Morgan fingerprint density at radius 2 is 1.76 bits per heavy atom. The molecule has 0 bridgehead atoms. The van der Waals surface area contributed by atoms with Crippen molar-refractivity contribution in [2.75, 3.05) is 6.61 Å². The number of carbonyl (C=O) groups excluding carboxylic acids is 1. The number of carboxylic acid groups (broad SMARTS) is 1. The highest BCUT2D eigenvalue weighted by Crippen LogP contribution is 2.38. The van der Waals surface area contributed by atoms with Crippen molar-refractivity contribution in [3.05, 3.63) is 97.7 Å². The minimum atomic E-state index is -1.28. The minimum Gasteiger partial charge on any atom is -0.490 e. The van der Waals surface area contributed by atoms with Crippen LogP contribution < -0.4 is 14.8 Å². The quantitative estimate of drug-likeness (QED) is 0.249. The number of hydrogen-bond donors (Lipinski definition) is 2. The van der Waals surface area contributed by atoms with Crippen molar-refractivity contribution in [3.8, 4) is 11.5 Å². The molecule has 0 atom stereocenters. The van der Waals surface area contributed by atoms with Gasteiger partial charge in [0.05, 0.1) is 11.6 Å². The fraction of sp³-hybridized carbons (Fsp3) is 0.120. The van der Waals surface area contributed by atoms with Crippen LogP contribution in [0.25, 0.3) is 6.08 Å². The topological polar surface area (TPSA) is 84.9 Å². The molecular weight excluding hydrogens is 557 g/mol. The highest BCUT2D eigenvalue weighted by Gasteiger charge is 2.17. The molecule has 3 aromatic carbocycles. The molecule has 170 valence electrons. The molecule has 0 aliphatic carbocycles. The molecule has 6 nitrogen and oxygen atoms in total. The predicted octanol–water partition coefficient (Wildman–Crippen LogP) is 5.78. The first kappa shape index (κ1) is 24.6. The second-order valence-electron chi connectivity index (χ2n) is 6.83. The summed E-state index contributed by atoms with van der Waals surface area (Å²) in [6.07, 6.45) is 1.32. The molecular formula is C25H21ClINO5. The Morgan fingerprint density at radius 1 is 1.06 bits per heavy atom. The fourth-order valence-corrected chi connectivity index (χ4v) is 3.76. The Labute approximate surface area is 210 Å². The van der Waals surface area contributed by atoms with Crippen LogP contribution >= 0.6 is 34.2 Å². The summed E-state index contributed by atoms with van der Waals surface area (Å²) < 4.78 is 12.7. The number of halogens is 2. The summed E-state index contributed by atoms with van der Waals surface area (Å²) in [6.45, 7) is 2.48. The average molecular weight is 578 g/mol. The molecule has 2 N–H and O–H groups in total. The first-order valence-corrected chi connectivity index (χ1v) is 11.5. The summed E-state index contributed by atoms with van der Waals surface area (Å²) in [5.74, 6) is -1.08. The highest BCUT2D eigenvalue weighted by atomic mass is 127. The van der Waals surface area contributed by atoms with Gasteiger partial charge >= 0.3 is 5.97 Å². The van der Waals surface area contributed by atoms with Crippen molar-refractivity contribution >= 4 is 52.1 Å². The number of amides is 1. The Hall–Kier alpha value is -3.04. The van der Waals surface area contributed by atoms with Crippen LogP contribution in [0, 0.1) is 3.57 Å². The molecule has 1 amide bonds. The van der Waals surface area contributed by atoms with Crippen LogP contribution in [-0.4, -0.2) is 23.6 Å². The van der Waals surface area contributed by atoms with Gasteiger partial charge in [0, 0.05) is 14.7 Å². The minimum absolute atomic E-state index is 0.261. The summed E-state index contributed by atoms with van der Waals surface area (Å²) >= 11 is 8.70. The van der Waals surface area contributed by atoms with Crippen LogP contribution in [0.2, 0.25) is 5.02 Å². The van der Waals surface area contributed by atoms with Crippen molar-refractivity contribution in [2.45, 2.75) is 13.5 Å². The van der Waals surface area contributed by atoms with E-state index in [1.807, 2.05) is 31.2 Å². The van der Waals surface area contributed by atoms with Gasteiger partial charge in [-0.3, -0.25) is 4.79 Å². The molecule has 0 spiro atoms. The fourth-order valence-electron chi connectivity index (χ4n) is 2.94. The van der Waals surface area contributed by atoms with E-state index in [0.717, 1.165) is 9.13 Å². The predicted molar refractivity (Wildman–Crippen MR) is 136 cm³/mol. The lowest BCUT2D eigenvalue weighted by Crippen LogP contribution is -2.27. The van der Waals surface area contributed by atoms with Crippen molar-refractivity contribution in [2.24, 2.45) is 0 Å². The summed E-state index contributed by atoms with van der Waals surface area (Å²) in [6, 6.07) is 19.4. The maximum atomic E-state index is 12.4. The number of benzene rings is 3. The van der Waals surface area contributed by atoms with Crippen molar-refractivity contribution < 1.29 is 24.2 Å². The van der Waals surface area contributed by atoms with Crippen LogP contribution in [0.15, 0.2) is 72.4 Å². The van der Waals surface area contributed by atoms with Crippen LogP contribution in [0.4, 0.5) is 0 Å². The number of aliphatic carboxylic acids is 1. The second-order valence-corrected chi connectivity index (χ2v) is 8.40. The van der Waals surface area contributed by atoms with Gasteiger partial charge in [-0.1, -0.05) is 48.0 Å². The van der Waals surface area contributed by atoms with E-state index in [4.69, 9.17) is 21.1 Å². The molecule has 8 heteroatoms. The first-order valence-electron chi connectivity index (χ1n) is 10.0. The summed E-state index contributed by atoms with van der Waals surface area (Å²) in [5.41, 5.74) is 1.49. The van der Waals surface area contributed by atoms with E-state index >= 15 is 0 Å². The Morgan fingerprint density at radius 3 is 2.42 bits per heavy atom. The van der Waals surface area contributed by atoms with Gasteiger partial charge in [-0.05, 0) is 71.5 Å². The highest BCUT2D eigenvalue weighted by molar-refractivity contribution is 14.1. The maximum absolute atomic E-state index is 12.4. The van der Waals surface area contributed by atoms with Crippen LogP contribution in [0.5, 0.6) is 11.5 Å². The van der Waals surface area contributed by atoms with E-state index in [2.05, 4.69) is 27.9 Å². The van der Waals surface area contributed by atoms with Crippen LogP contribution in [0.1, 0.15) is 28.4 Å². The molecule has 3 rings (SSSR count). The van der Waals surface area contributed by atoms with Gasteiger partial charge in [-0.15, -0.1) is 0 Å². The van der Waals surface area contributed by atoms with E-state index in [1.165, 1.54) is 6.08 Å². The molecule has 33 heavy (non-hydrogen) atoms. The van der Waals surface area contributed by atoms with Gasteiger partial charge in [0.25, 0.3) is 5.91 Å². The molecule has 3 aromatic rings. The number of rotatable bonds is 9. The molecule has 0 aromatic heterocycles. The van der Waals surface area contributed by atoms with E-state index < -0.39 is 11.9 Å². The number of nitrogens with one attached hydrogen (secondary N) is 1. The summed E-state index contributed by atoms with van der Waals surface area (Å²) in [5, 5.41) is 12.3. The van der Waals surface area contributed by atoms with E-state index in [9.17, 15) is 14.7 Å². The zero-order valence-electron chi connectivity index (χ0n) is 17.7. The molecule has 0 aliphatic rings. The third-order valence-electron chi connectivity index (χ3n) is 4.49. The van der Waals surface area contributed by atoms with Gasteiger partial charge in [-0.25, -0.2) is 4.79 Å². The van der Waals surface area contributed by atoms with Gasteiger partial charge < -0.3 is 19.9 Å². The standard InChI is InChI=1S/C25H21ClINO5/c1-2-32-22-14-16(12-19(26)23(22)33-15-18-10-6-7-11-20(18)27)13-21(25(30)31)28-24(29)17-8-4-3-5-9-17/h3-14H,2,15H2,1H3,(H,28,29)(H,30,31). The number of ether oxygens (including phenoxy) is 2. The second kappa shape index (κ2) is 11.7. The Kier molecular flexibility index (Phi) is 8.73. The number of carbonyl (C=O) groups is 2. The first-order chi connectivity index (χ1) is 15.9. The van der Waals surface area contributed by atoms with Crippen molar-refractivity contribution in [1.82, 2.24) is 5.32 Å². The summed E-state index contributed by atoms with van der Waals surface area (Å²) in [4.78, 5) is 24.2. The normalized spacial score (nSPS) is 11.1. The van der Waals surface area contributed by atoms with Gasteiger partial charge in [0.15, 0.2) is 11.5 Å². The van der Waals surface area contributed by atoms with Crippen molar-refractivity contribution in [1.29, 1.82) is 0 Å². The molecule has 0 aliphatic heterocycles. The molecule has 0 heterocycles. The Balaban J connectivity index is 1.88. The number of hydrogen-bond acceptors (Lipinski definition) is 4. The van der Waals surface area contributed by atoms with Crippen molar-refractivity contribution in [3.63, 3.8) is 0 Å². The molecule has 0 radical (unpaired) electrons. The summed E-state index contributed by atoms with van der Waals surface area (Å²) in [7, 11) is 0. The zero-order valence-corrected chi connectivity index (χ0v) is 20.6. The van der Waals surface area contributed by atoms with E-state index in [1.54, 1.807) is 42.5 Å². The third-order valence-corrected chi connectivity index (χ3v) is 5.82. The lowest BCUT2D eigenvalue weighted by Gasteiger charge is -2.15. The molecule has 0 saturated heterocycles.